The van der Waals surface area contributed by atoms with Crippen LogP contribution in [-0.2, 0) is 6.42 Å². The highest BCUT2D eigenvalue weighted by molar-refractivity contribution is 5.56. The molecule has 2 aliphatic heterocycles. The number of anilines is 1. The summed E-state index contributed by atoms with van der Waals surface area (Å²) in [6, 6.07) is 6.74. The molecular weight excluding hydrogens is 260 g/mol. The van der Waals surface area contributed by atoms with Crippen molar-refractivity contribution >= 4 is 5.69 Å². The first kappa shape index (κ1) is 14.9. The van der Waals surface area contributed by atoms with E-state index in [1.54, 1.807) is 0 Å². The lowest BCUT2D eigenvalue weighted by atomic mass is 9.85. The predicted octanol–water partition coefficient (Wildman–Crippen LogP) is 2.88. The van der Waals surface area contributed by atoms with Crippen molar-refractivity contribution in [2.45, 2.75) is 51.2 Å². The minimum Gasteiger partial charge on any atom is -0.387 e. The molecule has 0 aliphatic carbocycles. The standard InChI is InChI=1S/C18H28N2O/c1-3-13-8-9-19-16(11-13)18(21)15-6-7-17-14(12-15)5-4-10-20(17)2/h6-7,12-13,16,18-19,21H,3-5,8-11H2,1-2H3. The molecule has 116 valence electrons. The lowest BCUT2D eigenvalue weighted by molar-refractivity contribution is 0.0978. The third-order valence-corrected chi connectivity index (χ3v) is 5.30. The first-order valence-electron chi connectivity index (χ1n) is 8.44. The molecule has 1 saturated heterocycles. The van der Waals surface area contributed by atoms with Crippen LogP contribution >= 0.6 is 0 Å². The Hall–Kier alpha value is -1.06. The Morgan fingerprint density at radius 2 is 2.29 bits per heavy atom. The van der Waals surface area contributed by atoms with Crippen LogP contribution in [0.4, 0.5) is 5.69 Å². The molecule has 0 amide bonds. The van der Waals surface area contributed by atoms with Gasteiger partial charge < -0.3 is 15.3 Å². The molecule has 2 heterocycles. The lowest BCUT2D eigenvalue weighted by Crippen LogP contribution is -2.42. The average molecular weight is 288 g/mol. The molecule has 21 heavy (non-hydrogen) atoms. The SMILES string of the molecule is CCC1CCNC(C(O)c2ccc3c(c2)CCCN3C)C1. The summed E-state index contributed by atoms with van der Waals surface area (Å²) < 4.78 is 0. The van der Waals surface area contributed by atoms with Crippen LogP contribution < -0.4 is 10.2 Å². The summed E-state index contributed by atoms with van der Waals surface area (Å²) in [4.78, 5) is 2.32. The van der Waals surface area contributed by atoms with E-state index in [9.17, 15) is 5.11 Å². The van der Waals surface area contributed by atoms with E-state index in [2.05, 4.69) is 42.4 Å². The van der Waals surface area contributed by atoms with Crippen LogP contribution in [-0.4, -0.2) is 31.3 Å². The normalized spacial score (nSPS) is 27.3. The topological polar surface area (TPSA) is 35.5 Å². The van der Waals surface area contributed by atoms with Gasteiger partial charge in [0.2, 0.25) is 0 Å². The number of nitrogens with zero attached hydrogens (tertiary/aromatic N) is 1. The number of aryl methyl sites for hydroxylation is 1. The summed E-state index contributed by atoms with van der Waals surface area (Å²) in [5.74, 6) is 0.759. The van der Waals surface area contributed by atoms with Crippen LogP contribution in [0.25, 0.3) is 0 Å². The van der Waals surface area contributed by atoms with Crippen LogP contribution in [0.15, 0.2) is 18.2 Å². The Morgan fingerprint density at radius 3 is 3.10 bits per heavy atom. The Bertz CT molecular complexity index is 488. The van der Waals surface area contributed by atoms with Gasteiger partial charge in [0.25, 0.3) is 0 Å². The third kappa shape index (κ3) is 3.09. The van der Waals surface area contributed by atoms with Crippen molar-refractivity contribution in [2.24, 2.45) is 5.92 Å². The largest absolute Gasteiger partial charge is 0.387 e. The van der Waals surface area contributed by atoms with Crippen molar-refractivity contribution in [3.8, 4) is 0 Å². The van der Waals surface area contributed by atoms with E-state index >= 15 is 0 Å². The predicted molar refractivity (Wildman–Crippen MR) is 87.8 cm³/mol. The molecular formula is C18H28N2O. The van der Waals surface area contributed by atoms with Crippen molar-refractivity contribution in [1.29, 1.82) is 0 Å². The van der Waals surface area contributed by atoms with Gasteiger partial charge in [-0.15, -0.1) is 0 Å². The number of aliphatic hydroxyl groups is 1. The van der Waals surface area contributed by atoms with Crippen molar-refractivity contribution in [1.82, 2.24) is 5.32 Å². The Labute approximate surface area is 128 Å². The first-order chi connectivity index (χ1) is 10.2. The maximum absolute atomic E-state index is 10.7. The van der Waals surface area contributed by atoms with E-state index in [-0.39, 0.29) is 12.1 Å². The second-order valence-electron chi connectivity index (χ2n) is 6.72. The van der Waals surface area contributed by atoms with Crippen LogP contribution in [0.2, 0.25) is 0 Å². The zero-order valence-corrected chi connectivity index (χ0v) is 13.3. The summed E-state index contributed by atoms with van der Waals surface area (Å²) in [6.07, 6.45) is 5.53. The zero-order valence-electron chi connectivity index (χ0n) is 13.3. The molecule has 1 aromatic rings. The van der Waals surface area contributed by atoms with Gasteiger partial charge in [0.1, 0.15) is 0 Å². The lowest BCUT2D eigenvalue weighted by Gasteiger charge is -2.34. The molecule has 1 aromatic carbocycles. The van der Waals surface area contributed by atoms with Gasteiger partial charge in [-0.2, -0.15) is 0 Å². The monoisotopic (exact) mass is 288 g/mol. The minimum absolute atomic E-state index is 0.211. The number of rotatable bonds is 3. The molecule has 3 unspecified atom stereocenters. The van der Waals surface area contributed by atoms with Gasteiger partial charge >= 0.3 is 0 Å². The molecule has 3 nitrogen and oxygen atoms in total. The number of nitrogens with one attached hydrogen (secondary N) is 1. The van der Waals surface area contributed by atoms with Gasteiger partial charge in [-0.3, -0.25) is 0 Å². The van der Waals surface area contributed by atoms with Crippen LogP contribution in [0, 0.1) is 5.92 Å². The second-order valence-corrected chi connectivity index (χ2v) is 6.72. The number of fused-ring (bicyclic) bond motifs is 1. The van der Waals surface area contributed by atoms with Crippen molar-refractivity contribution in [2.75, 3.05) is 25.0 Å². The Morgan fingerprint density at radius 1 is 1.43 bits per heavy atom. The average Bonchev–Trinajstić information content (AvgIpc) is 2.54. The maximum Gasteiger partial charge on any atom is 0.0943 e. The summed E-state index contributed by atoms with van der Waals surface area (Å²) in [5.41, 5.74) is 3.81. The first-order valence-corrected chi connectivity index (χ1v) is 8.44. The summed E-state index contributed by atoms with van der Waals surface area (Å²) >= 11 is 0. The van der Waals surface area contributed by atoms with Gasteiger partial charge in [-0.05, 0) is 55.3 Å². The molecule has 0 radical (unpaired) electrons. The van der Waals surface area contributed by atoms with E-state index in [0.29, 0.717) is 0 Å². The molecule has 0 saturated carbocycles. The summed E-state index contributed by atoms with van der Waals surface area (Å²) in [5, 5.41) is 14.3. The van der Waals surface area contributed by atoms with Gasteiger partial charge in [-0.25, -0.2) is 0 Å². The highest BCUT2D eigenvalue weighted by Crippen LogP contribution is 2.32. The van der Waals surface area contributed by atoms with Crippen LogP contribution in [0.1, 0.15) is 49.8 Å². The van der Waals surface area contributed by atoms with Gasteiger partial charge in [-0.1, -0.05) is 25.5 Å². The fourth-order valence-electron chi connectivity index (χ4n) is 3.87. The number of hydrogen-bond donors (Lipinski definition) is 2. The summed E-state index contributed by atoms with van der Waals surface area (Å²) in [7, 11) is 2.16. The molecule has 3 rings (SSSR count). The summed E-state index contributed by atoms with van der Waals surface area (Å²) in [6.45, 7) is 4.43. The second kappa shape index (κ2) is 6.37. The molecule has 3 atom stereocenters. The fraction of sp³-hybridized carbons (Fsp3) is 0.667. The molecule has 2 aliphatic rings. The fourth-order valence-corrected chi connectivity index (χ4v) is 3.87. The van der Waals surface area contributed by atoms with Crippen molar-refractivity contribution < 1.29 is 5.11 Å². The Kier molecular flexibility index (Phi) is 4.51. The van der Waals surface area contributed by atoms with Crippen LogP contribution in [0.5, 0.6) is 0 Å². The molecule has 2 N–H and O–H groups in total. The highest BCUT2D eigenvalue weighted by Gasteiger charge is 2.27. The van der Waals surface area contributed by atoms with E-state index in [1.165, 1.54) is 30.5 Å². The van der Waals surface area contributed by atoms with Gasteiger partial charge in [0.05, 0.1) is 6.10 Å². The van der Waals surface area contributed by atoms with E-state index in [0.717, 1.165) is 37.4 Å². The van der Waals surface area contributed by atoms with Gasteiger partial charge in [0, 0.05) is 25.3 Å². The van der Waals surface area contributed by atoms with Gasteiger partial charge in [0.15, 0.2) is 0 Å². The number of benzene rings is 1. The number of piperidine rings is 1. The Balaban J connectivity index is 1.77. The maximum atomic E-state index is 10.7. The minimum atomic E-state index is -0.378. The zero-order chi connectivity index (χ0) is 14.8. The quantitative estimate of drug-likeness (QED) is 0.898. The van der Waals surface area contributed by atoms with Crippen molar-refractivity contribution in [3.05, 3.63) is 29.3 Å². The van der Waals surface area contributed by atoms with E-state index in [1.807, 2.05) is 0 Å². The van der Waals surface area contributed by atoms with E-state index < -0.39 is 0 Å². The molecule has 0 spiro atoms. The number of aliphatic hydroxyl groups excluding tert-OH is 1. The molecule has 3 heteroatoms. The number of hydrogen-bond acceptors (Lipinski definition) is 3. The molecule has 1 fully saturated rings. The highest BCUT2D eigenvalue weighted by atomic mass is 16.3. The van der Waals surface area contributed by atoms with Crippen LogP contribution in [0.3, 0.4) is 0 Å². The smallest absolute Gasteiger partial charge is 0.0943 e. The molecule has 0 bridgehead atoms. The van der Waals surface area contributed by atoms with E-state index in [4.69, 9.17) is 0 Å². The molecule has 0 aromatic heterocycles. The van der Waals surface area contributed by atoms with Crippen molar-refractivity contribution in [3.63, 3.8) is 0 Å². The third-order valence-electron chi connectivity index (χ3n) is 5.30.